The molecular weight excluding hydrogens is 234 g/mol. The molecule has 0 amide bonds. The number of nitrogens with zero attached hydrogens (tertiary/aromatic N) is 1. The first-order chi connectivity index (χ1) is 6.29. The average molecular weight is 246 g/mol. The van der Waals surface area contributed by atoms with E-state index in [4.69, 9.17) is 10.6 Å². The Bertz CT molecular complexity index is 269. The molecule has 72 valence electrons. The van der Waals surface area contributed by atoms with Crippen molar-refractivity contribution in [3.05, 3.63) is 28.5 Å². The zero-order valence-electron chi connectivity index (χ0n) is 7.33. The van der Waals surface area contributed by atoms with Crippen molar-refractivity contribution in [3.8, 4) is 0 Å². The molecule has 0 aromatic carbocycles. The summed E-state index contributed by atoms with van der Waals surface area (Å²) in [6.07, 6.45) is 1.72. The first kappa shape index (κ1) is 10.6. The zero-order chi connectivity index (χ0) is 9.68. The van der Waals surface area contributed by atoms with E-state index in [0.29, 0.717) is 6.61 Å². The van der Waals surface area contributed by atoms with E-state index in [1.807, 2.05) is 12.1 Å². The number of rotatable bonds is 4. The van der Waals surface area contributed by atoms with Gasteiger partial charge in [-0.05, 0) is 28.1 Å². The predicted octanol–water partition coefficient (Wildman–Crippen LogP) is 0.995. The molecule has 0 radical (unpaired) electrons. The van der Waals surface area contributed by atoms with E-state index in [-0.39, 0.29) is 6.04 Å². The molecule has 0 aliphatic carbocycles. The fourth-order valence-corrected chi connectivity index (χ4v) is 1.56. The highest BCUT2D eigenvalue weighted by Crippen LogP contribution is 2.19. The number of pyridine rings is 1. The summed E-state index contributed by atoms with van der Waals surface area (Å²) in [5, 5.41) is 0. The largest absolute Gasteiger partial charge is 0.383 e. The summed E-state index contributed by atoms with van der Waals surface area (Å²) in [6, 6.07) is 3.69. The molecule has 1 aromatic heterocycles. The molecule has 1 unspecified atom stereocenters. The van der Waals surface area contributed by atoms with Gasteiger partial charge in [-0.25, -0.2) is 5.43 Å². The van der Waals surface area contributed by atoms with E-state index in [1.165, 1.54) is 0 Å². The van der Waals surface area contributed by atoms with Crippen molar-refractivity contribution in [1.29, 1.82) is 0 Å². The second kappa shape index (κ2) is 5.29. The monoisotopic (exact) mass is 245 g/mol. The number of aromatic nitrogens is 1. The highest BCUT2D eigenvalue weighted by Gasteiger charge is 2.13. The van der Waals surface area contributed by atoms with Gasteiger partial charge >= 0.3 is 0 Å². The van der Waals surface area contributed by atoms with Crippen LogP contribution in [0.5, 0.6) is 0 Å². The van der Waals surface area contributed by atoms with Crippen LogP contribution in [0.2, 0.25) is 0 Å². The maximum atomic E-state index is 5.37. The van der Waals surface area contributed by atoms with Crippen molar-refractivity contribution in [2.45, 2.75) is 6.04 Å². The summed E-state index contributed by atoms with van der Waals surface area (Å²) in [7, 11) is 1.63. The topological polar surface area (TPSA) is 60.2 Å². The van der Waals surface area contributed by atoms with Crippen molar-refractivity contribution in [2.75, 3.05) is 13.7 Å². The highest BCUT2D eigenvalue weighted by atomic mass is 79.9. The van der Waals surface area contributed by atoms with E-state index in [2.05, 4.69) is 26.3 Å². The van der Waals surface area contributed by atoms with Gasteiger partial charge in [-0.15, -0.1) is 0 Å². The number of methoxy groups -OCH3 is 1. The molecule has 0 aliphatic rings. The minimum Gasteiger partial charge on any atom is -0.383 e. The van der Waals surface area contributed by atoms with Crippen LogP contribution in [0.3, 0.4) is 0 Å². The van der Waals surface area contributed by atoms with Crippen LogP contribution in [0.25, 0.3) is 0 Å². The van der Waals surface area contributed by atoms with Crippen molar-refractivity contribution in [2.24, 2.45) is 5.84 Å². The Labute approximate surface area is 85.6 Å². The fraction of sp³-hybridized carbons (Fsp3) is 0.375. The van der Waals surface area contributed by atoms with Crippen molar-refractivity contribution >= 4 is 15.9 Å². The number of ether oxygens (including phenoxy) is 1. The molecule has 0 saturated heterocycles. The maximum Gasteiger partial charge on any atom is 0.0876 e. The van der Waals surface area contributed by atoms with Crippen LogP contribution in [0.15, 0.2) is 22.8 Å². The predicted molar refractivity (Wildman–Crippen MR) is 53.9 cm³/mol. The molecule has 0 saturated carbocycles. The van der Waals surface area contributed by atoms with Crippen molar-refractivity contribution in [3.63, 3.8) is 0 Å². The molecule has 1 atom stereocenters. The molecule has 1 aromatic rings. The molecule has 1 heterocycles. The lowest BCUT2D eigenvalue weighted by molar-refractivity contribution is 0.165. The van der Waals surface area contributed by atoms with Crippen LogP contribution in [-0.2, 0) is 4.74 Å². The summed E-state index contributed by atoms with van der Waals surface area (Å²) < 4.78 is 5.93. The number of nitrogens with two attached hydrogens (primary N) is 1. The van der Waals surface area contributed by atoms with Gasteiger partial charge in [0.25, 0.3) is 0 Å². The maximum absolute atomic E-state index is 5.37. The molecule has 4 nitrogen and oxygen atoms in total. The van der Waals surface area contributed by atoms with Crippen LogP contribution in [0.1, 0.15) is 11.7 Å². The number of halogens is 1. The third kappa shape index (κ3) is 2.73. The molecule has 0 aliphatic heterocycles. The molecule has 0 bridgehead atoms. The second-order valence-electron chi connectivity index (χ2n) is 2.55. The van der Waals surface area contributed by atoms with E-state index in [1.54, 1.807) is 13.3 Å². The van der Waals surface area contributed by atoms with Crippen LogP contribution in [0, 0.1) is 0 Å². The minimum atomic E-state index is -0.0828. The summed E-state index contributed by atoms with van der Waals surface area (Å²) in [4.78, 5) is 4.20. The minimum absolute atomic E-state index is 0.0828. The lowest BCUT2D eigenvalue weighted by Gasteiger charge is -2.15. The van der Waals surface area contributed by atoms with Gasteiger partial charge in [-0.1, -0.05) is 0 Å². The third-order valence-corrected chi connectivity index (χ3v) is 2.32. The van der Waals surface area contributed by atoms with Crippen molar-refractivity contribution < 1.29 is 4.74 Å². The SMILES string of the molecule is COCC(NN)c1ncccc1Br. The summed E-state index contributed by atoms with van der Waals surface area (Å²) >= 11 is 3.39. The van der Waals surface area contributed by atoms with Gasteiger partial charge in [0.15, 0.2) is 0 Å². The Morgan fingerprint density at radius 3 is 3.08 bits per heavy atom. The van der Waals surface area contributed by atoms with E-state index in [0.717, 1.165) is 10.2 Å². The van der Waals surface area contributed by atoms with E-state index in [9.17, 15) is 0 Å². The van der Waals surface area contributed by atoms with Gasteiger partial charge in [0.1, 0.15) is 0 Å². The Morgan fingerprint density at radius 2 is 2.54 bits per heavy atom. The number of hydrogen-bond acceptors (Lipinski definition) is 4. The Balaban J connectivity index is 2.84. The molecule has 13 heavy (non-hydrogen) atoms. The highest BCUT2D eigenvalue weighted by molar-refractivity contribution is 9.10. The molecule has 3 N–H and O–H groups in total. The Morgan fingerprint density at radius 1 is 1.77 bits per heavy atom. The molecule has 1 rings (SSSR count). The standard InChI is InChI=1S/C8H12BrN3O/c1-13-5-7(12-10)8-6(9)3-2-4-11-8/h2-4,7,12H,5,10H2,1H3. The van der Waals surface area contributed by atoms with Gasteiger partial charge < -0.3 is 4.74 Å². The number of hydrogen-bond donors (Lipinski definition) is 2. The van der Waals surface area contributed by atoms with Crippen LogP contribution < -0.4 is 11.3 Å². The first-order valence-electron chi connectivity index (χ1n) is 3.85. The van der Waals surface area contributed by atoms with E-state index < -0.39 is 0 Å². The summed E-state index contributed by atoms with van der Waals surface area (Å²) in [5.41, 5.74) is 3.50. The fourth-order valence-electron chi connectivity index (χ4n) is 1.03. The number of hydrazine groups is 1. The smallest absolute Gasteiger partial charge is 0.0876 e. The zero-order valence-corrected chi connectivity index (χ0v) is 8.91. The van der Waals surface area contributed by atoms with Crippen LogP contribution >= 0.6 is 15.9 Å². The van der Waals surface area contributed by atoms with Crippen LogP contribution in [0.4, 0.5) is 0 Å². The first-order valence-corrected chi connectivity index (χ1v) is 4.64. The number of nitrogens with one attached hydrogen (secondary N) is 1. The summed E-state index contributed by atoms with van der Waals surface area (Å²) in [5.74, 6) is 5.37. The van der Waals surface area contributed by atoms with Crippen LogP contribution in [-0.4, -0.2) is 18.7 Å². The molecule has 0 fully saturated rings. The van der Waals surface area contributed by atoms with Gasteiger partial charge in [0, 0.05) is 17.8 Å². The average Bonchev–Trinajstić information content (AvgIpc) is 2.16. The molecule has 5 heteroatoms. The quantitative estimate of drug-likeness (QED) is 0.614. The Kier molecular flexibility index (Phi) is 4.31. The normalized spacial score (nSPS) is 12.8. The van der Waals surface area contributed by atoms with Gasteiger partial charge in [-0.2, -0.15) is 0 Å². The van der Waals surface area contributed by atoms with Gasteiger partial charge in [0.05, 0.1) is 18.3 Å². The molecule has 0 spiro atoms. The Hall–Kier alpha value is -0.490. The van der Waals surface area contributed by atoms with Crippen molar-refractivity contribution in [1.82, 2.24) is 10.4 Å². The lowest BCUT2D eigenvalue weighted by Crippen LogP contribution is -2.32. The van der Waals surface area contributed by atoms with Gasteiger partial charge in [-0.3, -0.25) is 10.8 Å². The lowest BCUT2D eigenvalue weighted by atomic mass is 10.2. The summed E-state index contributed by atoms with van der Waals surface area (Å²) in [6.45, 7) is 0.492. The molecular formula is C8H12BrN3O. The second-order valence-corrected chi connectivity index (χ2v) is 3.40. The van der Waals surface area contributed by atoms with E-state index >= 15 is 0 Å². The van der Waals surface area contributed by atoms with Gasteiger partial charge in [0.2, 0.25) is 0 Å². The third-order valence-electron chi connectivity index (χ3n) is 1.65.